The van der Waals surface area contributed by atoms with Gasteiger partial charge in [-0.3, -0.25) is 14.4 Å². The monoisotopic (exact) mass is 551 g/mol. The molecule has 6 atom stereocenters. The van der Waals surface area contributed by atoms with Crippen molar-refractivity contribution in [1.82, 2.24) is 14.7 Å². The van der Waals surface area contributed by atoms with Crippen molar-refractivity contribution in [3.63, 3.8) is 0 Å². The zero-order valence-corrected chi connectivity index (χ0v) is 24.3. The fraction of sp³-hybridized carbons (Fsp3) is 0.594. The van der Waals surface area contributed by atoms with Crippen molar-refractivity contribution in [3.8, 4) is 0 Å². The van der Waals surface area contributed by atoms with Crippen LogP contribution in [0.5, 0.6) is 0 Å². The van der Waals surface area contributed by atoms with Crippen LogP contribution in [0.1, 0.15) is 58.4 Å². The number of aliphatic hydroxyl groups excluding tert-OH is 1. The molecule has 8 heteroatoms. The molecule has 0 radical (unpaired) electrons. The average Bonchev–Trinajstić information content (AvgIpc) is 3.52. The minimum Gasteiger partial charge on any atom is -0.394 e. The summed E-state index contributed by atoms with van der Waals surface area (Å²) in [4.78, 5) is 48.1. The van der Waals surface area contributed by atoms with E-state index in [0.717, 1.165) is 18.4 Å². The van der Waals surface area contributed by atoms with Gasteiger partial charge in [-0.25, -0.2) is 0 Å². The first-order chi connectivity index (χ1) is 19.2. The molecule has 1 N–H and O–H groups in total. The van der Waals surface area contributed by atoms with Gasteiger partial charge in [0.05, 0.1) is 30.1 Å². The molecule has 0 aromatic heterocycles. The van der Waals surface area contributed by atoms with Crippen molar-refractivity contribution in [1.29, 1.82) is 0 Å². The maximum Gasteiger partial charge on any atom is 0.248 e. The summed E-state index contributed by atoms with van der Waals surface area (Å²) in [6.45, 7) is 14.9. The lowest BCUT2D eigenvalue weighted by Gasteiger charge is -2.39. The van der Waals surface area contributed by atoms with Gasteiger partial charge in [0.2, 0.25) is 17.7 Å². The third kappa shape index (κ3) is 5.00. The Morgan fingerprint density at radius 2 is 1.80 bits per heavy atom. The molecule has 2 bridgehead atoms. The molecule has 40 heavy (non-hydrogen) atoms. The van der Waals surface area contributed by atoms with Gasteiger partial charge in [-0.05, 0) is 38.2 Å². The van der Waals surface area contributed by atoms with E-state index in [4.69, 9.17) is 4.74 Å². The van der Waals surface area contributed by atoms with Crippen molar-refractivity contribution in [3.05, 3.63) is 61.2 Å². The fourth-order valence-electron chi connectivity index (χ4n) is 7.18. The molecule has 3 saturated heterocycles. The maximum atomic E-state index is 14.4. The van der Waals surface area contributed by atoms with Crippen LogP contribution in [-0.4, -0.2) is 87.1 Å². The van der Waals surface area contributed by atoms with E-state index >= 15 is 0 Å². The summed E-state index contributed by atoms with van der Waals surface area (Å²) in [6, 6.07) is 8.30. The molecular formula is C32H45N3O5. The van der Waals surface area contributed by atoms with E-state index in [9.17, 15) is 19.5 Å². The van der Waals surface area contributed by atoms with Crippen LogP contribution in [0.2, 0.25) is 0 Å². The molecule has 2 unspecified atom stereocenters. The van der Waals surface area contributed by atoms with Gasteiger partial charge in [0, 0.05) is 26.2 Å². The number of nitrogens with zero attached hydrogens (tertiary/aromatic N) is 3. The Morgan fingerprint density at radius 3 is 2.40 bits per heavy atom. The largest absolute Gasteiger partial charge is 0.394 e. The van der Waals surface area contributed by atoms with Gasteiger partial charge < -0.3 is 24.5 Å². The first-order valence-electron chi connectivity index (χ1n) is 14.7. The lowest BCUT2D eigenvalue weighted by atomic mass is 9.66. The van der Waals surface area contributed by atoms with Gasteiger partial charge in [-0.15, -0.1) is 13.2 Å². The van der Waals surface area contributed by atoms with Gasteiger partial charge >= 0.3 is 0 Å². The van der Waals surface area contributed by atoms with Crippen LogP contribution < -0.4 is 0 Å². The van der Waals surface area contributed by atoms with Crippen LogP contribution in [0.3, 0.4) is 0 Å². The number of ether oxygens (including phenoxy) is 1. The number of rotatable bonds is 14. The SMILES string of the molecule is C=CCN(CCCC)C(=O)C1N([C@@H](CC)CO)C(=O)[C@@H]2[C@@H](C(=O)N(CC=C)Cc3ccccc3)[C@@]3(C)CCC12O3. The molecule has 1 aromatic rings. The third-order valence-electron chi connectivity index (χ3n) is 9.11. The number of hydrogen-bond acceptors (Lipinski definition) is 5. The number of aliphatic hydroxyl groups is 1. The van der Waals surface area contributed by atoms with E-state index in [0.29, 0.717) is 45.4 Å². The van der Waals surface area contributed by atoms with Crippen molar-refractivity contribution < 1.29 is 24.2 Å². The van der Waals surface area contributed by atoms with Crippen molar-refractivity contribution >= 4 is 17.7 Å². The first-order valence-corrected chi connectivity index (χ1v) is 14.7. The van der Waals surface area contributed by atoms with Crippen molar-refractivity contribution in [2.75, 3.05) is 26.2 Å². The highest BCUT2D eigenvalue weighted by Gasteiger charge is 2.78. The molecule has 8 nitrogen and oxygen atoms in total. The number of amides is 3. The highest BCUT2D eigenvalue weighted by Crippen LogP contribution is 2.64. The number of unbranched alkanes of at least 4 members (excludes halogenated alkanes) is 1. The summed E-state index contributed by atoms with van der Waals surface area (Å²) in [5.74, 6) is -2.16. The summed E-state index contributed by atoms with van der Waals surface area (Å²) in [7, 11) is 0. The molecule has 3 fully saturated rings. The molecule has 0 aliphatic carbocycles. The zero-order chi connectivity index (χ0) is 29.1. The second kappa shape index (κ2) is 12.3. The second-order valence-electron chi connectivity index (χ2n) is 11.6. The zero-order valence-electron chi connectivity index (χ0n) is 24.3. The van der Waals surface area contributed by atoms with Crippen molar-refractivity contribution in [2.45, 2.75) is 82.7 Å². The number of benzene rings is 1. The van der Waals surface area contributed by atoms with Crippen LogP contribution in [0.4, 0.5) is 0 Å². The molecule has 3 aliphatic heterocycles. The standard InChI is InChI=1S/C32H45N3O5/c1-6-10-20-33(18-7-2)30(39)27-32-17-16-31(5,40-32)25(26(32)29(38)35(27)24(9-4)22-36)28(37)34(19-8-3)21-23-14-12-11-13-15-23/h7-8,11-15,24-27,36H,2-3,6,9-10,16-22H2,1,4-5H3/t24-,25-,26-,27?,31+,32?/m0/s1. The van der Waals surface area contributed by atoms with Crippen LogP contribution in [0, 0.1) is 11.8 Å². The number of likely N-dealkylation sites (tertiary alicyclic amines) is 1. The predicted molar refractivity (Wildman–Crippen MR) is 154 cm³/mol. The van der Waals surface area contributed by atoms with Crippen molar-refractivity contribution in [2.24, 2.45) is 11.8 Å². The van der Waals surface area contributed by atoms with E-state index in [1.165, 1.54) is 0 Å². The summed E-state index contributed by atoms with van der Waals surface area (Å²) in [6.07, 6.45) is 6.70. The Labute approximate surface area is 238 Å². The lowest BCUT2D eigenvalue weighted by molar-refractivity contribution is -0.156. The van der Waals surface area contributed by atoms with Gasteiger partial charge in [-0.1, -0.05) is 62.8 Å². The van der Waals surface area contributed by atoms with Gasteiger partial charge in [0.15, 0.2) is 0 Å². The van der Waals surface area contributed by atoms with E-state index in [1.807, 2.05) is 44.2 Å². The molecule has 3 aliphatic rings. The third-order valence-corrected chi connectivity index (χ3v) is 9.11. The highest BCUT2D eigenvalue weighted by atomic mass is 16.5. The minimum atomic E-state index is -1.12. The number of hydrogen-bond donors (Lipinski definition) is 1. The molecule has 1 spiro atoms. The molecule has 4 rings (SSSR count). The average molecular weight is 552 g/mol. The summed E-state index contributed by atoms with van der Waals surface area (Å²) in [5, 5.41) is 10.3. The van der Waals surface area contributed by atoms with E-state index < -0.39 is 35.1 Å². The topological polar surface area (TPSA) is 90.4 Å². The van der Waals surface area contributed by atoms with E-state index in [1.54, 1.807) is 26.9 Å². The van der Waals surface area contributed by atoms with E-state index in [2.05, 4.69) is 20.1 Å². The molecule has 218 valence electrons. The Morgan fingerprint density at radius 1 is 1.12 bits per heavy atom. The maximum absolute atomic E-state index is 14.4. The quantitative estimate of drug-likeness (QED) is 0.357. The predicted octanol–water partition coefficient (Wildman–Crippen LogP) is 3.55. The number of carbonyl (C=O) groups excluding carboxylic acids is 3. The van der Waals surface area contributed by atoms with Gasteiger partial charge in [0.1, 0.15) is 11.6 Å². The Kier molecular flexibility index (Phi) is 9.20. The summed E-state index contributed by atoms with van der Waals surface area (Å²) < 4.78 is 6.80. The normalized spacial score (nSPS) is 29.2. The second-order valence-corrected chi connectivity index (χ2v) is 11.6. The highest BCUT2D eigenvalue weighted by molar-refractivity contribution is 5.99. The summed E-state index contributed by atoms with van der Waals surface area (Å²) >= 11 is 0. The van der Waals surface area contributed by atoms with Gasteiger partial charge in [0.25, 0.3) is 0 Å². The number of fused-ring (bicyclic) bond motifs is 1. The van der Waals surface area contributed by atoms with Crippen LogP contribution in [0.25, 0.3) is 0 Å². The molecule has 0 saturated carbocycles. The smallest absolute Gasteiger partial charge is 0.248 e. The Balaban J connectivity index is 1.77. The molecule has 3 amide bonds. The Bertz CT molecular complexity index is 1110. The molecule has 1 aromatic carbocycles. The van der Waals surface area contributed by atoms with Gasteiger partial charge in [-0.2, -0.15) is 0 Å². The fourth-order valence-corrected chi connectivity index (χ4v) is 7.18. The van der Waals surface area contributed by atoms with Crippen LogP contribution in [0.15, 0.2) is 55.6 Å². The Hall–Kier alpha value is -2.97. The molecular weight excluding hydrogens is 506 g/mol. The lowest BCUT2D eigenvalue weighted by Crippen LogP contribution is -2.58. The van der Waals surface area contributed by atoms with Crippen LogP contribution >= 0.6 is 0 Å². The molecule has 3 heterocycles. The first kappa shape index (κ1) is 30.0. The van der Waals surface area contributed by atoms with Crippen LogP contribution in [-0.2, 0) is 25.7 Å². The van der Waals surface area contributed by atoms with E-state index in [-0.39, 0.29) is 24.3 Å². The number of carbonyl (C=O) groups is 3. The summed E-state index contributed by atoms with van der Waals surface area (Å²) in [5.41, 5.74) is -1.01. The minimum absolute atomic E-state index is 0.162.